The van der Waals surface area contributed by atoms with E-state index in [1.807, 2.05) is 47.2 Å². The van der Waals surface area contributed by atoms with Crippen LogP contribution in [-0.4, -0.2) is 33.9 Å². The van der Waals surface area contributed by atoms with E-state index in [1.165, 1.54) is 0 Å². The molecule has 0 bridgehead atoms. The van der Waals surface area contributed by atoms with Crippen LogP contribution in [0.5, 0.6) is 0 Å². The van der Waals surface area contributed by atoms with Crippen LogP contribution in [0.25, 0.3) is 22.6 Å². The minimum Gasteiger partial charge on any atom is -0.436 e. The standard InChI is InChI=1S/C28H22Cl3N3O4/c29-20-5-7-23(24(31)11-20)28(16-34-10-9-32-17-34)36-15-22(38-28)14-35-13-18-1-3-19(4-2-18)27-33-25-12-21(30)6-8-26(25)37-27/h1-12,17,22H,13-16H2/t22-,28-/m1/s1. The zero-order valence-corrected chi connectivity index (χ0v) is 22.3. The summed E-state index contributed by atoms with van der Waals surface area (Å²) in [5.74, 6) is -0.539. The molecule has 0 aliphatic carbocycles. The minimum absolute atomic E-state index is 0.281. The van der Waals surface area contributed by atoms with Crippen molar-refractivity contribution in [2.24, 2.45) is 0 Å². The van der Waals surface area contributed by atoms with Crippen molar-refractivity contribution in [2.75, 3.05) is 13.2 Å². The Labute approximate surface area is 233 Å². The van der Waals surface area contributed by atoms with E-state index in [0.29, 0.717) is 58.5 Å². The number of oxazole rings is 1. The third-order valence-corrected chi connectivity index (χ3v) is 7.06. The summed E-state index contributed by atoms with van der Waals surface area (Å²) in [4.78, 5) is 8.65. The van der Waals surface area contributed by atoms with Crippen LogP contribution in [0, 0.1) is 0 Å². The van der Waals surface area contributed by atoms with Crippen LogP contribution in [0.3, 0.4) is 0 Å². The second kappa shape index (κ2) is 10.7. The number of hydrogen-bond acceptors (Lipinski definition) is 6. The van der Waals surface area contributed by atoms with E-state index in [9.17, 15) is 0 Å². The third-order valence-electron chi connectivity index (χ3n) is 6.27. The number of halogens is 3. The molecule has 3 aromatic carbocycles. The molecule has 1 aliphatic heterocycles. The smallest absolute Gasteiger partial charge is 0.227 e. The first-order valence-electron chi connectivity index (χ1n) is 11.9. The zero-order chi connectivity index (χ0) is 26.1. The Morgan fingerprint density at radius 2 is 1.82 bits per heavy atom. The zero-order valence-electron chi connectivity index (χ0n) is 20.0. The van der Waals surface area contributed by atoms with Crippen molar-refractivity contribution in [3.63, 3.8) is 0 Å². The predicted octanol–water partition coefficient (Wildman–Crippen LogP) is 7.14. The number of imidazole rings is 1. The van der Waals surface area contributed by atoms with Gasteiger partial charge in [-0.05, 0) is 48.0 Å². The summed E-state index contributed by atoms with van der Waals surface area (Å²) < 4.78 is 26.4. The van der Waals surface area contributed by atoms with E-state index in [4.69, 9.17) is 53.4 Å². The lowest BCUT2D eigenvalue weighted by Crippen LogP contribution is -2.34. The van der Waals surface area contributed by atoms with Crippen LogP contribution in [0.15, 0.2) is 83.8 Å². The molecule has 1 saturated heterocycles. The Morgan fingerprint density at radius 1 is 1.00 bits per heavy atom. The molecule has 10 heteroatoms. The summed E-state index contributed by atoms with van der Waals surface area (Å²) in [6.07, 6.45) is 4.98. The molecule has 0 saturated carbocycles. The fourth-order valence-electron chi connectivity index (χ4n) is 4.45. The molecule has 3 heterocycles. The van der Waals surface area contributed by atoms with Gasteiger partial charge >= 0.3 is 0 Å². The highest BCUT2D eigenvalue weighted by Gasteiger charge is 2.45. The van der Waals surface area contributed by atoms with Crippen LogP contribution in [-0.2, 0) is 33.1 Å². The summed E-state index contributed by atoms with van der Waals surface area (Å²) in [7, 11) is 0. The lowest BCUT2D eigenvalue weighted by Gasteiger charge is -2.30. The lowest BCUT2D eigenvalue weighted by molar-refractivity contribution is -0.191. The largest absolute Gasteiger partial charge is 0.436 e. The van der Waals surface area contributed by atoms with Crippen LogP contribution < -0.4 is 0 Å². The van der Waals surface area contributed by atoms with Crippen molar-refractivity contribution in [1.29, 1.82) is 0 Å². The van der Waals surface area contributed by atoms with Crippen molar-refractivity contribution in [1.82, 2.24) is 14.5 Å². The third kappa shape index (κ3) is 5.31. The Bertz CT molecular complexity index is 1560. The van der Waals surface area contributed by atoms with E-state index in [2.05, 4.69) is 9.97 Å². The predicted molar refractivity (Wildman–Crippen MR) is 145 cm³/mol. The number of ether oxygens (including phenoxy) is 3. The molecule has 0 spiro atoms. The molecule has 0 unspecified atom stereocenters. The average Bonchev–Trinajstić information content (AvgIpc) is 3.65. The summed E-state index contributed by atoms with van der Waals surface area (Å²) in [6, 6.07) is 18.6. The van der Waals surface area contributed by atoms with E-state index in [0.717, 1.165) is 16.6 Å². The SMILES string of the molecule is Clc1ccc([C@]2(Cn3ccnc3)OC[C@@H](COCc3ccc(-c4nc5cc(Cl)ccc5o4)cc3)O2)c(Cl)c1. The quantitative estimate of drug-likeness (QED) is 0.198. The first-order chi connectivity index (χ1) is 18.5. The van der Waals surface area contributed by atoms with Crippen molar-refractivity contribution in [2.45, 2.75) is 25.0 Å². The second-order valence-electron chi connectivity index (χ2n) is 9.01. The van der Waals surface area contributed by atoms with Crippen LogP contribution >= 0.6 is 34.8 Å². The highest BCUT2D eigenvalue weighted by molar-refractivity contribution is 6.35. The fraction of sp³-hybridized carbons (Fsp3) is 0.214. The van der Waals surface area contributed by atoms with E-state index >= 15 is 0 Å². The van der Waals surface area contributed by atoms with Crippen LogP contribution in [0.4, 0.5) is 0 Å². The van der Waals surface area contributed by atoms with Gasteiger partial charge in [0, 0.05) is 33.6 Å². The minimum atomic E-state index is -1.08. The maximum absolute atomic E-state index is 6.54. The molecule has 1 fully saturated rings. The average molecular weight is 571 g/mol. The molecule has 0 N–H and O–H groups in total. The number of rotatable bonds is 8. The van der Waals surface area contributed by atoms with Crippen LogP contribution in [0.2, 0.25) is 15.1 Å². The molecule has 7 nitrogen and oxygen atoms in total. The molecule has 1 aliphatic rings. The van der Waals surface area contributed by atoms with Gasteiger partial charge in [-0.1, -0.05) is 53.0 Å². The van der Waals surface area contributed by atoms with E-state index in [1.54, 1.807) is 36.8 Å². The van der Waals surface area contributed by atoms with Gasteiger partial charge in [0.05, 0.1) is 37.7 Å². The van der Waals surface area contributed by atoms with Gasteiger partial charge in [-0.15, -0.1) is 0 Å². The summed E-state index contributed by atoms with van der Waals surface area (Å²) in [5, 5.41) is 1.64. The van der Waals surface area contributed by atoms with Gasteiger partial charge in [0.2, 0.25) is 11.7 Å². The molecule has 0 amide bonds. The molecule has 5 aromatic rings. The Balaban J connectivity index is 1.10. The molecule has 0 radical (unpaired) electrons. The monoisotopic (exact) mass is 569 g/mol. The second-order valence-corrected chi connectivity index (χ2v) is 10.3. The molecular weight excluding hydrogens is 549 g/mol. The Hall–Kier alpha value is -2.91. The van der Waals surface area contributed by atoms with Crippen molar-refractivity contribution < 1.29 is 18.6 Å². The number of hydrogen-bond donors (Lipinski definition) is 0. The van der Waals surface area contributed by atoms with Crippen molar-refractivity contribution >= 4 is 45.9 Å². The summed E-state index contributed by atoms with van der Waals surface area (Å²) in [6.45, 7) is 1.51. The van der Waals surface area contributed by atoms with E-state index < -0.39 is 5.79 Å². The molecule has 2 atom stereocenters. The maximum atomic E-state index is 6.54. The topological polar surface area (TPSA) is 71.5 Å². The molecule has 194 valence electrons. The Kier molecular flexibility index (Phi) is 7.14. The molecule has 2 aromatic heterocycles. The lowest BCUT2D eigenvalue weighted by atomic mass is 10.1. The molecule has 38 heavy (non-hydrogen) atoms. The van der Waals surface area contributed by atoms with Gasteiger partial charge in [-0.2, -0.15) is 0 Å². The maximum Gasteiger partial charge on any atom is 0.227 e. The first kappa shape index (κ1) is 25.4. The number of nitrogens with zero attached hydrogens (tertiary/aromatic N) is 3. The van der Waals surface area contributed by atoms with E-state index in [-0.39, 0.29) is 6.10 Å². The van der Waals surface area contributed by atoms with Crippen LogP contribution in [0.1, 0.15) is 11.1 Å². The first-order valence-corrected chi connectivity index (χ1v) is 13.1. The highest BCUT2D eigenvalue weighted by atomic mass is 35.5. The fourth-order valence-corrected chi connectivity index (χ4v) is 5.17. The molecule has 6 rings (SSSR count). The number of fused-ring (bicyclic) bond motifs is 1. The van der Waals surface area contributed by atoms with Gasteiger partial charge in [0.1, 0.15) is 11.6 Å². The highest BCUT2D eigenvalue weighted by Crippen LogP contribution is 2.40. The van der Waals surface area contributed by atoms with Gasteiger partial charge in [-0.25, -0.2) is 9.97 Å². The van der Waals surface area contributed by atoms with Crippen molar-refractivity contribution in [3.8, 4) is 11.5 Å². The summed E-state index contributed by atoms with van der Waals surface area (Å²) in [5.41, 5.74) is 4.01. The normalized spacial score (nSPS) is 19.4. The van der Waals surface area contributed by atoms with Crippen molar-refractivity contribution in [3.05, 3.63) is 106 Å². The number of aromatic nitrogens is 3. The summed E-state index contributed by atoms with van der Waals surface area (Å²) >= 11 is 18.7. The van der Waals surface area contributed by atoms with Gasteiger partial charge in [0.25, 0.3) is 0 Å². The Morgan fingerprint density at radius 3 is 2.61 bits per heavy atom. The van der Waals surface area contributed by atoms with Gasteiger partial charge in [-0.3, -0.25) is 0 Å². The number of benzene rings is 3. The van der Waals surface area contributed by atoms with Gasteiger partial charge in [0.15, 0.2) is 5.58 Å². The molecular formula is C28H22Cl3N3O4. The van der Waals surface area contributed by atoms with Gasteiger partial charge < -0.3 is 23.2 Å².